The molecular formula is C16H22N4O4. The largest absolute Gasteiger partial charge is 0.444 e. The number of nitro groups is 1. The van der Waals surface area contributed by atoms with Crippen molar-refractivity contribution >= 4 is 17.6 Å². The van der Waals surface area contributed by atoms with E-state index in [1.54, 1.807) is 6.07 Å². The molecule has 2 fully saturated rings. The molecule has 3 rings (SSSR count). The second-order valence-electron chi connectivity index (χ2n) is 7.31. The van der Waals surface area contributed by atoms with Gasteiger partial charge in [0.25, 0.3) is 5.69 Å². The molecule has 0 radical (unpaired) electrons. The van der Waals surface area contributed by atoms with Crippen LogP contribution in [0.15, 0.2) is 18.3 Å². The van der Waals surface area contributed by atoms with Gasteiger partial charge in [-0.15, -0.1) is 0 Å². The molecule has 2 unspecified atom stereocenters. The van der Waals surface area contributed by atoms with E-state index < -0.39 is 10.5 Å². The van der Waals surface area contributed by atoms with Crippen molar-refractivity contribution in [3.8, 4) is 0 Å². The molecule has 8 heteroatoms. The van der Waals surface area contributed by atoms with Crippen LogP contribution in [0.2, 0.25) is 0 Å². The van der Waals surface area contributed by atoms with Gasteiger partial charge in [0.2, 0.25) is 0 Å². The summed E-state index contributed by atoms with van der Waals surface area (Å²) in [6, 6.07) is 3.32. The Morgan fingerprint density at radius 1 is 1.29 bits per heavy atom. The number of aromatic nitrogens is 1. The summed E-state index contributed by atoms with van der Waals surface area (Å²) in [6.45, 7) is 6.93. The SMILES string of the molecule is CC(C)(C)OC(=O)N1C2CCC1CN(c1ccc([N+](=O)[O-])cn1)C2. The average Bonchev–Trinajstić information content (AvgIpc) is 2.76. The maximum atomic E-state index is 12.4. The fourth-order valence-corrected chi connectivity index (χ4v) is 3.38. The van der Waals surface area contributed by atoms with Crippen LogP contribution in [0.1, 0.15) is 33.6 Å². The molecule has 130 valence electrons. The lowest BCUT2D eigenvalue weighted by molar-refractivity contribution is -0.385. The van der Waals surface area contributed by atoms with Crippen LogP contribution in [0.5, 0.6) is 0 Å². The molecule has 2 aliphatic rings. The first-order valence-electron chi connectivity index (χ1n) is 8.11. The van der Waals surface area contributed by atoms with Crippen molar-refractivity contribution in [3.63, 3.8) is 0 Å². The second-order valence-corrected chi connectivity index (χ2v) is 7.31. The van der Waals surface area contributed by atoms with Gasteiger partial charge >= 0.3 is 6.09 Å². The van der Waals surface area contributed by atoms with Crippen LogP contribution in [0, 0.1) is 10.1 Å². The number of hydrogen-bond acceptors (Lipinski definition) is 6. The Hall–Kier alpha value is -2.38. The van der Waals surface area contributed by atoms with Gasteiger partial charge in [-0.05, 0) is 39.7 Å². The van der Waals surface area contributed by atoms with Crippen LogP contribution in [0.3, 0.4) is 0 Å². The smallest absolute Gasteiger partial charge is 0.410 e. The lowest BCUT2D eigenvalue weighted by Crippen LogP contribution is -2.57. The van der Waals surface area contributed by atoms with Crippen LogP contribution in [-0.2, 0) is 4.74 Å². The Balaban J connectivity index is 1.71. The van der Waals surface area contributed by atoms with Crippen LogP contribution in [-0.4, -0.2) is 51.7 Å². The summed E-state index contributed by atoms with van der Waals surface area (Å²) >= 11 is 0. The summed E-state index contributed by atoms with van der Waals surface area (Å²) in [5, 5.41) is 10.7. The number of pyridine rings is 1. The molecule has 3 heterocycles. The third-order valence-corrected chi connectivity index (χ3v) is 4.35. The van der Waals surface area contributed by atoms with Gasteiger partial charge in [-0.3, -0.25) is 15.0 Å². The number of hydrogen-bond donors (Lipinski definition) is 0. The standard InChI is InChI=1S/C16H22N4O4/c1-16(2,3)24-15(21)19-12-4-5-13(19)10-18(9-12)14-7-6-11(8-17-14)20(22)23/h6-8,12-13H,4-5,9-10H2,1-3H3. The lowest BCUT2D eigenvalue weighted by Gasteiger charge is -2.41. The van der Waals surface area contributed by atoms with E-state index in [9.17, 15) is 14.9 Å². The van der Waals surface area contributed by atoms with E-state index in [2.05, 4.69) is 9.88 Å². The Morgan fingerprint density at radius 3 is 2.38 bits per heavy atom. The fraction of sp³-hybridized carbons (Fsp3) is 0.625. The van der Waals surface area contributed by atoms with Crippen molar-refractivity contribution < 1.29 is 14.5 Å². The van der Waals surface area contributed by atoms with Crippen LogP contribution in [0.4, 0.5) is 16.3 Å². The van der Waals surface area contributed by atoms with E-state index in [1.165, 1.54) is 12.3 Å². The van der Waals surface area contributed by atoms with Crippen molar-refractivity contribution in [1.82, 2.24) is 9.88 Å². The number of carbonyl (C=O) groups excluding carboxylic acids is 1. The molecule has 0 aliphatic carbocycles. The molecule has 2 aliphatic heterocycles. The third kappa shape index (κ3) is 3.27. The highest BCUT2D eigenvalue weighted by molar-refractivity contribution is 5.70. The first-order chi connectivity index (χ1) is 11.2. The maximum absolute atomic E-state index is 12.4. The molecule has 1 aromatic heterocycles. The first kappa shape index (κ1) is 16.5. The fourth-order valence-electron chi connectivity index (χ4n) is 3.38. The topological polar surface area (TPSA) is 88.8 Å². The van der Waals surface area contributed by atoms with Crippen molar-refractivity contribution in [1.29, 1.82) is 0 Å². The van der Waals surface area contributed by atoms with Crippen LogP contribution in [0.25, 0.3) is 0 Å². The van der Waals surface area contributed by atoms with Gasteiger partial charge in [0.1, 0.15) is 17.6 Å². The van der Waals surface area contributed by atoms with Crippen molar-refractivity contribution in [2.75, 3.05) is 18.0 Å². The predicted octanol–water partition coefficient (Wildman–Crippen LogP) is 2.58. The van der Waals surface area contributed by atoms with Gasteiger partial charge in [-0.2, -0.15) is 0 Å². The van der Waals surface area contributed by atoms with E-state index in [0.717, 1.165) is 12.8 Å². The third-order valence-electron chi connectivity index (χ3n) is 4.35. The number of ether oxygens (including phenoxy) is 1. The van der Waals surface area contributed by atoms with Crippen LogP contribution >= 0.6 is 0 Å². The molecular weight excluding hydrogens is 312 g/mol. The Bertz CT molecular complexity index is 626. The van der Waals surface area contributed by atoms with E-state index >= 15 is 0 Å². The maximum Gasteiger partial charge on any atom is 0.410 e. The highest BCUT2D eigenvalue weighted by Crippen LogP contribution is 2.33. The van der Waals surface area contributed by atoms with Gasteiger partial charge in [0.05, 0.1) is 17.0 Å². The number of carbonyl (C=O) groups is 1. The number of fused-ring (bicyclic) bond motifs is 2. The highest BCUT2D eigenvalue weighted by Gasteiger charge is 2.44. The van der Waals surface area contributed by atoms with Crippen molar-refractivity contribution in [2.45, 2.75) is 51.3 Å². The molecule has 0 spiro atoms. The average molecular weight is 334 g/mol. The van der Waals surface area contributed by atoms with E-state index in [-0.39, 0.29) is 23.9 Å². The zero-order chi connectivity index (χ0) is 17.5. The summed E-state index contributed by atoms with van der Waals surface area (Å²) in [7, 11) is 0. The van der Waals surface area contributed by atoms with Crippen molar-refractivity contribution in [3.05, 3.63) is 28.4 Å². The van der Waals surface area contributed by atoms with Gasteiger partial charge in [-0.1, -0.05) is 0 Å². The molecule has 24 heavy (non-hydrogen) atoms. The minimum atomic E-state index is -0.506. The summed E-state index contributed by atoms with van der Waals surface area (Å²) in [4.78, 5) is 30.8. The normalized spacial score (nSPS) is 23.3. The first-order valence-corrected chi connectivity index (χ1v) is 8.11. The number of nitrogens with zero attached hydrogens (tertiary/aromatic N) is 4. The van der Waals surface area contributed by atoms with E-state index in [1.807, 2.05) is 25.7 Å². The Kier molecular flexibility index (Phi) is 4.06. The zero-order valence-corrected chi connectivity index (χ0v) is 14.1. The molecule has 0 aromatic carbocycles. The minimum absolute atomic E-state index is 0.0193. The monoisotopic (exact) mass is 334 g/mol. The molecule has 2 bridgehead atoms. The lowest BCUT2D eigenvalue weighted by atomic mass is 10.2. The van der Waals surface area contributed by atoms with Gasteiger partial charge in [-0.25, -0.2) is 9.78 Å². The van der Waals surface area contributed by atoms with Crippen molar-refractivity contribution in [2.24, 2.45) is 0 Å². The zero-order valence-electron chi connectivity index (χ0n) is 14.1. The van der Waals surface area contributed by atoms with Crippen LogP contribution < -0.4 is 4.90 Å². The summed E-state index contributed by atoms with van der Waals surface area (Å²) in [5.74, 6) is 0.710. The van der Waals surface area contributed by atoms with Gasteiger partial charge in [0, 0.05) is 19.2 Å². The molecule has 8 nitrogen and oxygen atoms in total. The summed E-state index contributed by atoms with van der Waals surface area (Å²) < 4.78 is 5.52. The number of anilines is 1. The quantitative estimate of drug-likeness (QED) is 0.610. The molecule has 2 saturated heterocycles. The molecule has 0 N–H and O–H groups in total. The molecule has 1 aromatic rings. The second kappa shape index (κ2) is 5.92. The molecule has 2 atom stereocenters. The number of rotatable bonds is 2. The summed E-state index contributed by atoms with van der Waals surface area (Å²) in [5.41, 5.74) is -0.526. The predicted molar refractivity (Wildman–Crippen MR) is 88.0 cm³/mol. The molecule has 1 amide bonds. The van der Waals surface area contributed by atoms with Gasteiger partial charge in [0.15, 0.2) is 0 Å². The Morgan fingerprint density at radius 2 is 1.92 bits per heavy atom. The van der Waals surface area contributed by atoms with E-state index in [0.29, 0.717) is 18.9 Å². The molecule has 0 saturated carbocycles. The minimum Gasteiger partial charge on any atom is -0.444 e. The number of amides is 1. The highest BCUT2D eigenvalue weighted by atomic mass is 16.6. The van der Waals surface area contributed by atoms with E-state index in [4.69, 9.17) is 4.74 Å². The summed E-state index contributed by atoms with van der Waals surface area (Å²) in [6.07, 6.45) is 2.89. The Labute approximate surface area is 140 Å². The van der Waals surface area contributed by atoms with Gasteiger partial charge < -0.3 is 9.64 Å². The number of piperazine rings is 1.